The molecule has 0 aromatic heterocycles. The second-order valence-corrected chi connectivity index (χ2v) is 7.12. The number of β-amino-alcohol motifs (C(OH)–C–C–N with tert-alkyl or cyclic N) is 1. The van der Waals surface area contributed by atoms with Gasteiger partial charge in [0.2, 0.25) is 10.0 Å². The number of carboxylic acid groups (broad SMARTS) is 1. The van der Waals surface area contributed by atoms with Crippen LogP contribution in [-0.4, -0.2) is 54.5 Å². The van der Waals surface area contributed by atoms with Crippen LogP contribution in [0.1, 0.15) is 6.42 Å². The lowest BCUT2D eigenvalue weighted by atomic mass is 9.95. The van der Waals surface area contributed by atoms with Gasteiger partial charge in [0, 0.05) is 13.1 Å². The van der Waals surface area contributed by atoms with Crippen LogP contribution in [0.25, 0.3) is 0 Å². The molecule has 0 aliphatic carbocycles. The summed E-state index contributed by atoms with van der Waals surface area (Å²) in [5.74, 6) is -2.83. The van der Waals surface area contributed by atoms with Gasteiger partial charge in [-0.05, 0) is 30.7 Å². The lowest BCUT2D eigenvalue weighted by Crippen LogP contribution is -2.48. The summed E-state index contributed by atoms with van der Waals surface area (Å²) in [6.45, 7) is -0.517. The summed E-state index contributed by atoms with van der Waals surface area (Å²) in [6.07, 6.45) is -6.31. The van der Waals surface area contributed by atoms with Crippen molar-refractivity contribution in [3.63, 3.8) is 0 Å². The Kier molecular flexibility index (Phi) is 5.06. The number of piperidine rings is 1. The predicted molar refractivity (Wildman–Crippen MR) is 73.6 cm³/mol. The fourth-order valence-electron chi connectivity index (χ4n) is 2.37. The Labute approximate surface area is 135 Å². The third-order valence-corrected chi connectivity index (χ3v) is 5.44. The van der Waals surface area contributed by atoms with Crippen LogP contribution in [0, 0.1) is 5.92 Å². The number of ether oxygens (including phenoxy) is 1. The second-order valence-electron chi connectivity index (χ2n) is 5.18. The van der Waals surface area contributed by atoms with Crippen molar-refractivity contribution in [2.75, 3.05) is 13.1 Å². The van der Waals surface area contributed by atoms with Crippen molar-refractivity contribution >= 4 is 16.0 Å². The number of benzene rings is 1. The minimum atomic E-state index is -4.89. The van der Waals surface area contributed by atoms with Crippen molar-refractivity contribution in [3.8, 4) is 5.75 Å². The maximum Gasteiger partial charge on any atom is 0.573 e. The Hall–Kier alpha value is -1.85. The van der Waals surface area contributed by atoms with Crippen LogP contribution < -0.4 is 4.74 Å². The maximum absolute atomic E-state index is 12.4. The van der Waals surface area contributed by atoms with E-state index in [-0.39, 0.29) is 17.9 Å². The van der Waals surface area contributed by atoms with E-state index in [2.05, 4.69) is 4.74 Å². The van der Waals surface area contributed by atoms with Crippen molar-refractivity contribution in [2.24, 2.45) is 5.92 Å². The van der Waals surface area contributed by atoms with Gasteiger partial charge in [0.1, 0.15) is 5.75 Å². The molecule has 2 rings (SSSR count). The SMILES string of the molecule is O=C(O)[C@H]1CCN(S(=O)(=O)c2ccc(OC(F)(F)F)cc2)C[C@H]1O. The first-order valence-electron chi connectivity index (χ1n) is 6.77. The van der Waals surface area contributed by atoms with E-state index in [0.29, 0.717) is 0 Å². The number of aliphatic hydroxyl groups is 1. The lowest BCUT2D eigenvalue weighted by Gasteiger charge is -2.33. The minimum Gasteiger partial charge on any atom is -0.481 e. The molecule has 1 aliphatic rings. The van der Waals surface area contributed by atoms with Gasteiger partial charge in [0.05, 0.1) is 16.9 Å². The first-order valence-corrected chi connectivity index (χ1v) is 8.21. The van der Waals surface area contributed by atoms with Gasteiger partial charge in [0.15, 0.2) is 0 Å². The number of sulfonamides is 1. The fourth-order valence-corrected chi connectivity index (χ4v) is 3.84. The molecule has 0 amide bonds. The lowest BCUT2D eigenvalue weighted by molar-refractivity contribution is -0.274. The summed E-state index contributed by atoms with van der Waals surface area (Å²) in [4.78, 5) is 10.6. The fraction of sp³-hybridized carbons (Fsp3) is 0.462. The van der Waals surface area contributed by atoms with E-state index in [1.807, 2.05) is 0 Å². The molecule has 1 aromatic carbocycles. The highest BCUT2D eigenvalue weighted by molar-refractivity contribution is 7.89. The minimum absolute atomic E-state index is 0.0645. The molecule has 1 saturated heterocycles. The number of aliphatic hydroxyl groups excluding tert-OH is 1. The van der Waals surface area contributed by atoms with Crippen molar-refractivity contribution in [1.29, 1.82) is 0 Å². The quantitative estimate of drug-likeness (QED) is 0.822. The highest BCUT2D eigenvalue weighted by Crippen LogP contribution is 2.27. The van der Waals surface area contributed by atoms with Crippen molar-refractivity contribution in [3.05, 3.63) is 24.3 Å². The van der Waals surface area contributed by atoms with Crippen LogP contribution in [0.5, 0.6) is 5.75 Å². The summed E-state index contributed by atoms with van der Waals surface area (Å²) in [5.41, 5.74) is 0. The zero-order valence-electron chi connectivity index (χ0n) is 12.1. The molecular formula is C13H14F3NO6S. The van der Waals surface area contributed by atoms with Crippen molar-refractivity contribution < 1.29 is 41.3 Å². The zero-order valence-corrected chi connectivity index (χ0v) is 12.9. The number of carboxylic acids is 1. The maximum atomic E-state index is 12.4. The first-order chi connectivity index (χ1) is 11.0. The van der Waals surface area contributed by atoms with Gasteiger partial charge in [-0.25, -0.2) is 8.42 Å². The predicted octanol–water partition coefficient (Wildman–Crippen LogP) is 1.04. The van der Waals surface area contributed by atoms with Gasteiger partial charge in [-0.2, -0.15) is 4.31 Å². The zero-order chi connectivity index (χ0) is 18.1. The van der Waals surface area contributed by atoms with Crippen LogP contribution in [0.15, 0.2) is 29.2 Å². The molecule has 11 heteroatoms. The van der Waals surface area contributed by atoms with Gasteiger partial charge >= 0.3 is 12.3 Å². The molecule has 2 N–H and O–H groups in total. The van der Waals surface area contributed by atoms with E-state index in [0.717, 1.165) is 28.6 Å². The number of aliphatic carboxylic acids is 1. The molecule has 1 aliphatic heterocycles. The number of rotatable bonds is 4. The van der Waals surface area contributed by atoms with Gasteiger partial charge in [-0.1, -0.05) is 0 Å². The molecule has 0 spiro atoms. The number of halogens is 3. The van der Waals surface area contributed by atoms with Gasteiger partial charge in [0.25, 0.3) is 0 Å². The van der Waals surface area contributed by atoms with E-state index < -0.39 is 46.7 Å². The average Bonchev–Trinajstić information content (AvgIpc) is 2.45. The average molecular weight is 369 g/mol. The molecule has 134 valence electrons. The molecule has 1 fully saturated rings. The Morgan fingerprint density at radius 2 is 1.83 bits per heavy atom. The van der Waals surface area contributed by atoms with Crippen LogP contribution >= 0.6 is 0 Å². The van der Waals surface area contributed by atoms with Gasteiger partial charge in [-0.15, -0.1) is 13.2 Å². The normalized spacial score (nSPS) is 23.0. The monoisotopic (exact) mass is 369 g/mol. The number of nitrogens with zero attached hydrogens (tertiary/aromatic N) is 1. The summed E-state index contributed by atoms with van der Waals surface area (Å²) >= 11 is 0. The van der Waals surface area contributed by atoms with Crippen LogP contribution in [0.2, 0.25) is 0 Å². The van der Waals surface area contributed by atoms with Crippen molar-refractivity contribution in [2.45, 2.75) is 23.8 Å². The summed E-state index contributed by atoms with van der Waals surface area (Å²) < 4.78 is 65.6. The Bertz CT molecular complexity index is 703. The topological polar surface area (TPSA) is 104 Å². The largest absolute Gasteiger partial charge is 0.573 e. The molecule has 1 aromatic rings. The molecule has 1 heterocycles. The highest BCUT2D eigenvalue weighted by atomic mass is 32.2. The van der Waals surface area contributed by atoms with E-state index >= 15 is 0 Å². The van der Waals surface area contributed by atoms with E-state index in [1.165, 1.54) is 0 Å². The summed E-state index contributed by atoms with van der Waals surface area (Å²) in [7, 11) is -4.06. The Balaban J connectivity index is 2.15. The van der Waals surface area contributed by atoms with Crippen molar-refractivity contribution in [1.82, 2.24) is 4.31 Å². The number of alkyl halides is 3. The first kappa shape index (κ1) is 18.5. The molecular weight excluding hydrogens is 355 g/mol. The number of hydrogen-bond acceptors (Lipinski definition) is 5. The number of carbonyl (C=O) groups is 1. The van der Waals surface area contributed by atoms with Crippen LogP contribution in [-0.2, 0) is 14.8 Å². The smallest absolute Gasteiger partial charge is 0.481 e. The highest BCUT2D eigenvalue weighted by Gasteiger charge is 2.38. The third-order valence-electron chi connectivity index (χ3n) is 3.56. The molecule has 0 bridgehead atoms. The molecule has 2 atom stereocenters. The van der Waals surface area contributed by atoms with Gasteiger partial charge in [-0.3, -0.25) is 4.79 Å². The standard InChI is InChI=1S/C13H14F3NO6S/c14-13(15,16)23-8-1-3-9(4-2-8)24(21,22)17-6-5-10(12(19)20)11(18)7-17/h1-4,10-11,18H,5-7H2,(H,19,20)/t10-,11+/m0/s1. The Morgan fingerprint density at radius 1 is 1.25 bits per heavy atom. The van der Waals surface area contributed by atoms with E-state index in [9.17, 15) is 31.5 Å². The Morgan fingerprint density at radius 3 is 2.29 bits per heavy atom. The molecule has 7 nitrogen and oxygen atoms in total. The van der Waals surface area contributed by atoms with E-state index in [1.54, 1.807) is 0 Å². The third kappa shape index (κ3) is 4.16. The molecule has 0 radical (unpaired) electrons. The molecule has 0 unspecified atom stereocenters. The number of hydrogen-bond donors (Lipinski definition) is 2. The van der Waals surface area contributed by atoms with E-state index in [4.69, 9.17) is 5.11 Å². The molecule has 0 saturated carbocycles. The van der Waals surface area contributed by atoms with Crippen LogP contribution in [0.3, 0.4) is 0 Å². The van der Waals surface area contributed by atoms with Crippen LogP contribution in [0.4, 0.5) is 13.2 Å². The summed E-state index contributed by atoms with van der Waals surface area (Å²) in [6, 6.07) is 3.62. The summed E-state index contributed by atoms with van der Waals surface area (Å²) in [5, 5.41) is 18.7. The second kappa shape index (κ2) is 6.57. The molecule has 24 heavy (non-hydrogen) atoms. The van der Waals surface area contributed by atoms with Gasteiger partial charge < -0.3 is 14.9 Å².